The predicted molar refractivity (Wildman–Crippen MR) is 102 cm³/mol. The van der Waals surface area contributed by atoms with Crippen LogP contribution in [0.3, 0.4) is 0 Å². The summed E-state index contributed by atoms with van der Waals surface area (Å²) in [6.45, 7) is 5.34. The maximum atomic E-state index is 12.5. The van der Waals surface area contributed by atoms with Gasteiger partial charge >= 0.3 is 6.03 Å². The van der Waals surface area contributed by atoms with E-state index >= 15 is 0 Å². The van der Waals surface area contributed by atoms with Crippen LogP contribution >= 0.6 is 0 Å². The molecule has 2 N–H and O–H groups in total. The van der Waals surface area contributed by atoms with E-state index < -0.39 is 0 Å². The number of ether oxygens (including phenoxy) is 1. The Morgan fingerprint density at radius 1 is 1.08 bits per heavy atom. The summed E-state index contributed by atoms with van der Waals surface area (Å²) in [6.07, 6.45) is 1.95. The van der Waals surface area contributed by atoms with Crippen LogP contribution in [0.25, 0.3) is 10.9 Å². The number of nitrogens with one attached hydrogen (secondary N) is 2. The molecule has 0 atom stereocenters. The Bertz CT molecular complexity index is 899. The number of anilines is 2. The number of hydrogen-bond acceptors (Lipinski definition) is 2. The first-order chi connectivity index (χ1) is 12.1. The highest BCUT2D eigenvalue weighted by Crippen LogP contribution is 2.26. The standard InChI is InChI=1S/C20H23N3O2/c1-14-8-9-15(2)17(12-14)21-20(24)22-18-13-23(10-11-25-3)19-7-5-4-6-16(18)19/h4-9,12-13H,10-11H2,1-3H3,(H2,21,22,24). The summed E-state index contributed by atoms with van der Waals surface area (Å²) in [5.74, 6) is 0. The van der Waals surface area contributed by atoms with Crippen molar-refractivity contribution in [2.24, 2.45) is 0 Å². The number of fused-ring (bicyclic) bond motifs is 1. The summed E-state index contributed by atoms with van der Waals surface area (Å²) >= 11 is 0. The van der Waals surface area contributed by atoms with Crippen LogP contribution in [-0.4, -0.2) is 24.3 Å². The first kappa shape index (κ1) is 17.0. The minimum absolute atomic E-state index is 0.247. The van der Waals surface area contributed by atoms with E-state index in [-0.39, 0.29) is 6.03 Å². The fraction of sp³-hybridized carbons (Fsp3) is 0.250. The molecule has 0 aliphatic carbocycles. The van der Waals surface area contributed by atoms with Crippen molar-refractivity contribution in [2.75, 3.05) is 24.4 Å². The molecule has 3 aromatic rings. The molecule has 1 aromatic heterocycles. The number of urea groups is 1. The van der Waals surface area contributed by atoms with E-state index in [1.165, 1.54) is 0 Å². The second kappa shape index (κ2) is 7.40. The molecule has 2 amide bonds. The Morgan fingerprint density at radius 2 is 1.84 bits per heavy atom. The minimum Gasteiger partial charge on any atom is -0.383 e. The van der Waals surface area contributed by atoms with Gasteiger partial charge in [-0.3, -0.25) is 0 Å². The number of carbonyl (C=O) groups is 1. The van der Waals surface area contributed by atoms with E-state index in [0.29, 0.717) is 6.61 Å². The van der Waals surface area contributed by atoms with Gasteiger partial charge in [0.15, 0.2) is 0 Å². The van der Waals surface area contributed by atoms with Crippen molar-refractivity contribution < 1.29 is 9.53 Å². The van der Waals surface area contributed by atoms with Crippen molar-refractivity contribution in [2.45, 2.75) is 20.4 Å². The van der Waals surface area contributed by atoms with Gasteiger partial charge in [0.25, 0.3) is 0 Å². The number of benzene rings is 2. The Hall–Kier alpha value is -2.79. The first-order valence-corrected chi connectivity index (χ1v) is 8.30. The van der Waals surface area contributed by atoms with Crippen LogP contribution in [0, 0.1) is 13.8 Å². The Morgan fingerprint density at radius 3 is 2.64 bits per heavy atom. The van der Waals surface area contributed by atoms with Crippen molar-refractivity contribution >= 4 is 28.3 Å². The molecule has 0 radical (unpaired) electrons. The third kappa shape index (κ3) is 3.83. The molecule has 1 heterocycles. The van der Waals surface area contributed by atoms with Gasteiger partial charge in [-0.2, -0.15) is 0 Å². The van der Waals surface area contributed by atoms with E-state index in [1.807, 2.05) is 62.5 Å². The Labute approximate surface area is 147 Å². The lowest BCUT2D eigenvalue weighted by molar-refractivity contribution is 0.188. The van der Waals surface area contributed by atoms with Gasteiger partial charge in [0.2, 0.25) is 0 Å². The van der Waals surface area contributed by atoms with Crippen molar-refractivity contribution in [3.8, 4) is 0 Å². The summed E-state index contributed by atoms with van der Waals surface area (Å²) < 4.78 is 7.26. The molecule has 3 rings (SSSR count). The average molecular weight is 337 g/mol. The molecule has 0 aliphatic heterocycles. The zero-order valence-corrected chi connectivity index (χ0v) is 14.8. The molecule has 0 unspecified atom stereocenters. The number of methoxy groups -OCH3 is 1. The van der Waals surface area contributed by atoms with Gasteiger partial charge in [0, 0.05) is 30.9 Å². The highest BCUT2D eigenvalue weighted by molar-refractivity contribution is 6.06. The van der Waals surface area contributed by atoms with Gasteiger partial charge in [-0.15, -0.1) is 0 Å². The second-order valence-electron chi connectivity index (χ2n) is 6.14. The zero-order chi connectivity index (χ0) is 17.8. The van der Waals surface area contributed by atoms with Crippen molar-refractivity contribution in [3.63, 3.8) is 0 Å². The number of amides is 2. The van der Waals surface area contributed by atoms with Gasteiger partial charge in [0.05, 0.1) is 17.8 Å². The lowest BCUT2D eigenvalue weighted by Crippen LogP contribution is -2.20. The monoisotopic (exact) mass is 337 g/mol. The Kier molecular flexibility index (Phi) is 5.05. The van der Waals surface area contributed by atoms with Gasteiger partial charge in [-0.05, 0) is 37.1 Å². The molecule has 0 saturated heterocycles. The number of carbonyl (C=O) groups excluding carboxylic acids is 1. The number of aromatic nitrogens is 1. The molecule has 130 valence electrons. The molecule has 2 aromatic carbocycles. The lowest BCUT2D eigenvalue weighted by atomic mass is 10.1. The first-order valence-electron chi connectivity index (χ1n) is 8.30. The molecule has 5 nitrogen and oxygen atoms in total. The lowest BCUT2D eigenvalue weighted by Gasteiger charge is -2.10. The summed E-state index contributed by atoms with van der Waals surface area (Å²) in [7, 11) is 1.68. The van der Waals surface area contributed by atoms with Crippen LogP contribution in [0.4, 0.5) is 16.2 Å². The average Bonchev–Trinajstić information content (AvgIpc) is 2.94. The molecular weight excluding hydrogens is 314 g/mol. The quantitative estimate of drug-likeness (QED) is 0.718. The fourth-order valence-corrected chi connectivity index (χ4v) is 2.87. The number of nitrogens with zero attached hydrogens (tertiary/aromatic N) is 1. The van der Waals surface area contributed by atoms with Crippen LogP contribution in [0.2, 0.25) is 0 Å². The van der Waals surface area contributed by atoms with E-state index in [4.69, 9.17) is 4.74 Å². The van der Waals surface area contributed by atoms with Crippen LogP contribution in [0.15, 0.2) is 48.7 Å². The van der Waals surface area contributed by atoms with Gasteiger partial charge in [0.1, 0.15) is 0 Å². The highest BCUT2D eigenvalue weighted by Gasteiger charge is 2.11. The SMILES string of the molecule is COCCn1cc(NC(=O)Nc2cc(C)ccc2C)c2ccccc21. The van der Waals surface area contributed by atoms with E-state index in [0.717, 1.165) is 39.9 Å². The zero-order valence-electron chi connectivity index (χ0n) is 14.8. The van der Waals surface area contributed by atoms with Gasteiger partial charge in [-0.1, -0.05) is 30.3 Å². The predicted octanol–water partition coefficient (Wildman–Crippen LogP) is 4.55. The Balaban J connectivity index is 1.82. The number of hydrogen-bond donors (Lipinski definition) is 2. The molecule has 0 spiro atoms. The fourth-order valence-electron chi connectivity index (χ4n) is 2.87. The van der Waals surface area contributed by atoms with Crippen LogP contribution in [0.1, 0.15) is 11.1 Å². The summed E-state index contributed by atoms with van der Waals surface area (Å²) in [4.78, 5) is 12.5. The molecule has 0 saturated carbocycles. The number of aryl methyl sites for hydroxylation is 2. The molecule has 0 fully saturated rings. The van der Waals surface area contributed by atoms with E-state index in [9.17, 15) is 4.79 Å². The normalized spacial score (nSPS) is 10.8. The summed E-state index contributed by atoms with van der Waals surface area (Å²) in [6, 6.07) is 13.8. The molecule has 0 aliphatic rings. The topological polar surface area (TPSA) is 55.3 Å². The molecule has 5 heteroatoms. The van der Waals surface area contributed by atoms with Crippen molar-refractivity contribution in [3.05, 3.63) is 59.8 Å². The minimum atomic E-state index is -0.247. The molecule has 25 heavy (non-hydrogen) atoms. The van der Waals surface area contributed by atoms with E-state index in [2.05, 4.69) is 15.2 Å². The number of para-hydroxylation sites is 1. The molecular formula is C20H23N3O2. The number of rotatable bonds is 5. The maximum Gasteiger partial charge on any atom is 0.323 e. The molecule has 0 bridgehead atoms. The van der Waals surface area contributed by atoms with Gasteiger partial charge < -0.3 is 19.9 Å². The smallest absolute Gasteiger partial charge is 0.323 e. The third-order valence-electron chi connectivity index (χ3n) is 4.21. The van der Waals surface area contributed by atoms with Crippen LogP contribution < -0.4 is 10.6 Å². The van der Waals surface area contributed by atoms with Crippen molar-refractivity contribution in [1.82, 2.24) is 4.57 Å². The van der Waals surface area contributed by atoms with Crippen LogP contribution in [-0.2, 0) is 11.3 Å². The largest absolute Gasteiger partial charge is 0.383 e. The third-order valence-corrected chi connectivity index (χ3v) is 4.21. The second-order valence-corrected chi connectivity index (χ2v) is 6.14. The van der Waals surface area contributed by atoms with Crippen LogP contribution in [0.5, 0.6) is 0 Å². The van der Waals surface area contributed by atoms with E-state index in [1.54, 1.807) is 7.11 Å². The summed E-state index contributed by atoms with van der Waals surface area (Å²) in [5.41, 5.74) is 4.82. The van der Waals surface area contributed by atoms with Crippen molar-refractivity contribution in [1.29, 1.82) is 0 Å². The highest BCUT2D eigenvalue weighted by atomic mass is 16.5. The maximum absolute atomic E-state index is 12.5. The summed E-state index contributed by atoms with van der Waals surface area (Å²) in [5, 5.41) is 6.91. The van der Waals surface area contributed by atoms with Gasteiger partial charge in [-0.25, -0.2) is 4.79 Å².